The van der Waals surface area contributed by atoms with Crippen molar-refractivity contribution < 1.29 is 19.5 Å². The molecule has 0 spiro atoms. The first-order valence-electron chi connectivity index (χ1n) is 10.5. The highest BCUT2D eigenvalue weighted by atomic mass is 35.5. The minimum absolute atomic E-state index is 0.0419. The second-order valence-electron chi connectivity index (χ2n) is 7.79. The Morgan fingerprint density at radius 1 is 1.10 bits per heavy atom. The summed E-state index contributed by atoms with van der Waals surface area (Å²) in [5.41, 5.74) is 3.45. The van der Waals surface area contributed by atoms with Crippen molar-refractivity contribution in [1.29, 1.82) is 0 Å². The van der Waals surface area contributed by atoms with Crippen LogP contribution < -0.4 is 4.90 Å². The number of aryl methyl sites for hydroxylation is 1. The number of benzene rings is 2. The highest BCUT2D eigenvalue weighted by molar-refractivity contribution is 6.31. The summed E-state index contributed by atoms with van der Waals surface area (Å²) in [6, 6.07) is 12.9. The fourth-order valence-electron chi connectivity index (χ4n) is 3.82. The molecule has 0 aromatic heterocycles. The number of carboxylic acid groups (broad SMARTS) is 1. The molecule has 0 saturated heterocycles. The normalized spacial score (nSPS) is 13.1. The third-order valence-electron chi connectivity index (χ3n) is 5.71. The van der Waals surface area contributed by atoms with Crippen LogP contribution in [0.5, 0.6) is 0 Å². The molecule has 3 rings (SSSR count). The fourth-order valence-corrected chi connectivity index (χ4v) is 4.05. The molecule has 1 heterocycles. The van der Waals surface area contributed by atoms with Gasteiger partial charge in [-0.2, -0.15) is 0 Å². The van der Waals surface area contributed by atoms with Crippen LogP contribution in [-0.4, -0.2) is 47.9 Å². The summed E-state index contributed by atoms with van der Waals surface area (Å²) in [4.78, 5) is 38.9. The molecule has 6 nitrogen and oxygen atoms in total. The second-order valence-corrected chi connectivity index (χ2v) is 8.19. The van der Waals surface area contributed by atoms with Crippen molar-refractivity contribution >= 4 is 35.1 Å². The van der Waals surface area contributed by atoms with Gasteiger partial charge in [0, 0.05) is 49.3 Å². The third-order valence-corrected chi connectivity index (χ3v) is 6.08. The molecule has 0 atom stereocenters. The Kier molecular flexibility index (Phi) is 7.69. The van der Waals surface area contributed by atoms with E-state index in [1.165, 1.54) is 4.90 Å². The SMILES string of the molecule is CN1C(=O)CCc2cc(C(=O)CCCCN(CCc3ccccc3Cl)C(=O)O)ccc21. The first kappa shape index (κ1) is 22.8. The van der Waals surface area contributed by atoms with Crippen LogP contribution in [0.15, 0.2) is 42.5 Å². The van der Waals surface area contributed by atoms with Crippen LogP contribution in [0.1, 0.15) is 47.2 Å². The van der Waals surface area contributed by atoms with Crippen LogP contribution >= 0.6 is 11.6 Å². The zero-order valence-corrected chi connectivity index (χ0v) is 18.4. The molecule has 1 aliphatic rings. The number of carbonyl (C=O) groups is 3. The molecular weight excluding hydrogens is 416 g/mol. The standard InChI is InChI=1S/C24H27ClN2O4/c1-26-21-11-9-19(16-18(21)10-12-23(26)29)22(28)8-4-5-14-27(24(30)31)15-13-17-6-2-3-7-20(17)25/h2-3,6-7,9,11,16H,4-5,8,10,12-15H2,1H3,(H,30,31). The Labute approximate surface area is 187 Å². The molecule has 1 N–H and O–H groups in total. The molecule has 31 heavy (non-hydrogen) atoms. The van der Waals surface area contributed by atoms with E-state index in [-0.39, 0.29) is 11.7 Å². The van der Waals surface area contributed by atoms with E-state index >= 15 is 0 Å². The van der Waals surface area contributed by atoms with E-state index in [1.807, 2.05) is 30.3 Å². The van der Waals surface area contributed by atoms with E-state index in [4.69, 9.17) is 11.6 Å². The van der Waals surface area contributed by atoms with E-state index in [2.05, 4.69) is 0 Å². The number of anilines is 1. The van der Waals surface area contributed by atoms with Gasteiger partial charge in [0.2, 0.25) is 5.91 Å². The fraction of sp³-hybridized carbons (Fsp3) is 0.375. The average molecular weight is 443 g/mol. The second kappa shape index (κ2) is 10.4. The maximum Gasteiger partial charge on any atom is 0.407 e. The molecular formula is C24H27ClN2O4. The quantitative estimate of drug-likeness (QED) is 0.446. The predicted octanol–water partition coefficient (Wildman–Crippen LogP) is 4.82. The number of rotatable bonds is 9. The maximum atomic E-state index is 12.6. The largest absolute Gasteiger partial charge is 0.465 e. The molecule has 0 bridgehead atoms. The van der Waals surface area contributed by atoms with Gasteiger partial charge in [0.25, 0.3) is 0 Å². The van der Waals surface area contributed by atoms with Gasteiger partial charge in [-0.25, -0.2) is 4.79 Å². The lowest BCUT2D eigenvalue weighted by atomic mass is 9.96. The van der Waals surface area contributed by atoms with Crippen LogP contribution in [-0.2, 0) is 17.6 Å². The van der Waals surface area contributed by atoms with Crippen LogP contribution in [0.25, 0.3) is 0 Å². The first-order chi connectivity index (χ1) is 14.9. The summed E-state index contributed by atoms with van der Waals surface area (Å²) in [5, 5.41) is 10.1. The maximum absolute atomic E-state index is 12.6. The number of hydrogen-bond donors (Lipinski definition) is 1. The zero-order valence-electron chi connectivity index (χ0n) is 17.6. The Bertz CT molecular complexity index is 976. The summed E-state index contributed by atoms with van der Waals surface area (Å²) in [6.07, 6.45) is 2.29. The third kappa shape index (κ3) is 5.85. The van der Waals surface area contributed by atoms with Crippen LogP contribution in [0.4, 0.5) is 10.5 Å². The molecule has 7 heteroatoms. The number of amides is 2. The Morgan fingerprint density at radius 3 is 2.61 bits per heavy atom. The summed E-state index contributed by atoms with van der Waals surface area (Å²) in [6.45, 7) is 0.744. The molecule has 2 amide bonds. The van der Waals surface area contributed by atoms with E-state index in [0.29, 0.717) is 62.2 Å². The van der Waals surface area contributed by atoms with Gasteiger partial charge in [0.15, 0.2) is 5.78 Å². The molecule has 0 aliphatic carbocycles. The number of unbranched alkanes of at least 4 members (excludes halogenated alkanes) is 1. The van der Waals surface area contributed by atoms with Gasteiger partial charge in [-0.3, -0.25) is 9.59 Å². The molecule has 0 fully saturated rings. The van der Waals surface area contributed by atoms with E-state index in [1.54, 1.807) is 24.1 Å². The minimum Gasteiger partial charge on any atom is -0.465 e. The summed E-state index contributed by atoms with van der Waals surface area (Å²) >= 11 is 6.14. The monoisotopic (exact) mass is 442 g/mol. The Hall–Kier alpha value is -2.86. The lowest BCUT2D eigenvalue weighted by Gasteiger charge is -2.26. The smallest absolute Gasteiger partial charge is 0.407 e. The van der Waals surface area contributed by atoms with Crippen LogP contribution in [0.2, 0.25) is 5.02 Å². The van der Waals surface area contributed by atoms with E-state index < -0.39 is 6.09 Å². The predicted molar refractivity (Wildman–Crippen MR) is 121 cm³/mol. The molecule has 0 saturated carbocycles. The van der Waals surface area contributed by atoms with Crippen LogP contribution in [0, 0.1) is 0 Å². The molecule has 164 valence electrons. The van der Waals surface area contributed by atoms with E-state index in [9.17, 15) is 19.5 Å². The lowest BCUT2D eigenvalue weighted by Crippen LogP contribution is -2.32. The van der Waals surface area contributed by atoms with Gasteiger partial charge in [-0.1, -0.05) is 29.8 Å². The van der Waals surface area contributed by atoms with Crippen molar-refractivity contribution in [2.24, 2.45) is 0 Å². The number of Topliss-reactive ketones (excluding diaryl/α,β-unsaturated/α-hetero) is 1. The number of fused-ring (bicyclic) bond motifs is 1. The van der Waals surface area contributed by atoms with Gasteiger partial charge in [0.05, 0.1) is 0 Å². The van der Waals surface area contributed by atoms with Gasteiger partial charge in [-0.15, -0.1) is 0 Å². The first-order valence-corrected chi connectivity index (χ1v) is 10.9. The Balaban J connectivity index is 1.47. The summed E-state index contributed by atoms with van der Waals surface area (Å²) in [7, 11) is 1.75. The minimum atomic E-state index is -0.966. The number of carbonyl (C=O) groups excluding carboxylic acids is 2. The van der Waals surface area contributed by atoms with Crippen molar-refractivity contribution in [3.05, 3.63) is 64.2 Å². The molecule has 2 aromatic carbocycles. The van der Waals surface area contributed by atoms with E-state index in [0.717, 1.165) is 16.8 Å². The van der Waals surface area contributed by atoms with Crippen molar-refractivity contribution in [2.75, 3.05) is 25.0 Å². The van der Waals surface area contributed by atoms with Crippen molar-refractivity contribution in [3.8, 4) is 0 Å². The highest BCUT2D eigenvalue weighted by Crippen LogP contribution is 2.28. The van der Waals surface area contributed by atoms with Gasteiger partial charge < -0.3 is 14.9 Å². The number of hydrogen-bond acceptors (Lipinski definition) is 3. The molecule has 0 radical (unpaired) electrons. The van der Waals surface area contributed by atoms with Gasteiger partial charge in [0.1, 0.15) is 0 Å². The van der Waals surface area contributed by atoms with Crippen molar-refractivity contribution in [1.82, 2.24) is 4.90 Å². The van der Waals surface area contributed by atoms with Crippen LogP contribution in [0.3, 0.4) is 0 Å². The van der Waals surface area contributed by atoms with Gasteiger partial charge >= 0.3 is 6.09 Å². The molecule has 2 aromatic rings. The van der Waals surface area contributed by atoms with Crippen molar-refractivity contribution in [2.45, 2.75) is 38.5 Å². The lowest BCUT2D eigenvalue weighted by molar-refractivity contribution is -0.118. The summed E-state index contributed by atoms with van der Waals surface area (Å²) in [5.74, 6) is 0.129. The number of ketones is 1. The number of nitrogens with zero attached hydrogens (tertiary/aromatic N) is 2. The Morgan fingerprint density at radius 2 is 1.87 bits per heavy atom. The topological polar surface area (TPSA) is 77.9 Å². The zero-order chi connectivity index (χ0) is 22.4. The highest BCUT2D eigenvalue weighted by Gasteiger charge is 2.21. The molecule has 0 unspecified atom stereocenters. The summed E-state index contributed by atoms with van der Waals surface area (Å²) < 4.78 is 0. The van der Waals surface area contributed by atoms with Gasteiger partial charge in [-0.05, 0) is 61.1 Å². The average Bonchev–Trinajstić information content (AvgIpc) is 2.76. The number of halogens is 1. The van der Waals surface area contributed by atoms with Crippen molar-refractivity contribution in [3.63, 3.8) is 0 Å². The molecule has 1 aliphatic heterocycles.